The van der Waals surface area contributed by atoms with Crippen molar-refractivity contribution in [2.45, 2.75) is 57.1 Å². The van der Waals surface area contributed by atoms with Crippen molar-refractivity contribution in [2.75, 3.05) is 17.5 Å². The number of amides is 2. The largest absolute Gasteiger partial charge is 0.494 e. The van der Waals surface area contributed by atoms with E-state index >= 15 is 0 Å². The minimum Gasteiger partial charge on any atom is -0.494 e. The Balaban J connectivity index is 1.81. The van der Waals surface area contributed by atoms with Crippen LogP contribution in [-0.2, 0) is 32.6 Å². The van der Waals surface area contributed by atoms with E-state index in [1.807, 2.05) is 51.1 Å². The van der Waals surface area contributed by atoms with Gasteiger partial charge in [0.2, 0.25) is 11.8 Å². The number of carbonyl (C=O) groups is 2. The van der Waals surface area contributed by atoms with Crippen molar-refractivity contribution in [3.63, 3.8) is 0 Å². The van der Waals surface area contributed by atoms with Crippen molar-refractivity contribution >= 4 is 55.1 Å². The van der Waals surface area contributed by atoms with Gasteiger partial charge in [-0.3, -0.25) is 13.9 Å². The second-order valence-corrected chi connectivity index (χ2v) is 14.2. The third-order valence-corrected chi connectivity index (χ3v) is 10.4. The van der Waals surface area contributed by atoms with Gasteiger partial charge in [-0.15, -0.1) is 0 Å². The number of nitrogens with zero attached hydrogens (tertiary/aromatic N) is 2. The Morgan fingerprint density at radius 1 is 0.894 bits per heavy atom. The summed E-state index contributed by atoms with van der Waals surface area (Å²) in [7, 11) is -4.24. The van der Waals surface area contributed by atoms with Gasteiger partial charge in [0, 0.05) is 28.5 Å². The van der Waals surface area contributed by atoms with E-state index in [2.05, 4.69) is 21.2 Å². The summed E-state index contributed by atoms with van der Waals surface area (Å²) in [5.41, 5.74) is 1.74. The molecule has 2 amide bonds. The maximum atomic E-state index is 14.6. The van der Waals surface area contributed by atoms with E-state index in [1.165, 1.54) is 17.0 Å². The molecule has 0 unspecified atom stereocenters. The molecule has 0 spiro atoms. The monoisotopic (exact) mass is 739 g/mol. The Kier molecular flexibility index (Phi) is 12.9. The quantitative estimate of drug-likeness (QED) is 0.139. The van der Waals surface area contributed by atoms with Gasteiger partial charge in [-0.1, -0.05) is 83.0 Å². The summed E-state index contributed by atoms with van der Waals surface area (Å²) in [5, 5.41) is 3.46. The minimum atomic E-state index is -4.24. The van der Waals surface area contributed by atoms with Gasteiger partial charge in [0.15, 0.2) is 0 Å². The van der Waals surface area contributed by atoms with Crippen molar-refractivity contribution < 1.29 is 22.7 Å². The zero-order chi connectivity index (χ0) is 34.0. The Morgan fingerprint density at radius 2 is 1.53 bits per heavy atom. The molecule has 0 saturated heterocycles. The van der Waals surface area contributed by atoms with Gasteiger partial charge < -0.3 is 15.0 Å². The van der Waals surface area contributed by atoms with Crippen LogP contribution in [0.25, 0.3) is 0 Å². The highest BCUT2D eigenvalue weighted by molar-refractivity contribution is 9.10. The molecule has 0 bridgehead atoms. The van der Waals surface area contributed by atoms with E-state index in [0.717, 1.165) is 9.87 Å². The van der Waals surface area contributed by atoms with Crippen LogP contribution >= 0.6 is 27.5 Å². The van der Waals surface area contributed by atoms with Gasteiger partial charge in [-0.2, -0.15) is 0 Å². The highest BCUT2D eigenvalue weighted by Gasteiger charge is 2.35. The first-order valence-corrected chi connectivity index (χ1v) is 18.0. The van der Waals surface area contributed by atoms with Gasteiger partial charge in [-0.05, 0) is 86.0 Å². The SMILES string of the molecule is CCOc1ccc(N(CC(=O)N(Cc2ccccc2Cl)[C@H](Cc2ccccc2)C(=O)N[C@H](C)CC)S(=O)(=O)c2ccc(Br)cc2)cc1. The van der Waals surface area contributed by atoms with E-state index in [4.69, 9.17) is 16.3 Å². The zero-order valence-electron chi connectivity index (χ0n) is 26.6. The van der Waals surface area contributed by atoms with Gasteiger partial charge in [-0.25, -0.2) is 8.42 Å². The molecule has 0 radical (unpaired) electrons. The summed E-state index contributed by atoms with van der Waals surface area (Å²) in [4.78, 5) is 30.0. The molecule has 0 aliphatic heterocycles. The number of carbonyl (C=O) groups excluding carboxylic acids is 2. The van der Waals surface area contributed by atoms with Crippen LogP contribution in [0.2, 0.25) is 5.02 Å². The lowest BCUT2D eigenvalue weighted by atomic mass is 10.0. The lowest BCUT2D eigenvalue weighted by molar-refractivity contribution is -0.140. The Bertz CT molecular complexity index is 1740. The van der Waals surface area contributed by atoms with E-state index in [0.29, 0.717) is 33.8 Å². The standard InChI is InChI=1S/C36H39BrClN3O5S/c1-4-26(3)39-36(43)34(23-27-11-7-6-8-12-27)40(24-28-13-9-10-14-33(28)38)35(42)25-41(30-17-19-31(20-18-30)46-5-2)47(44,45)32-21-15-29(37)16-22-32/h6-22,26,34H,4-5,23-25H2,1-3H3,(H,39,43)/t26-,34-/m1/s1. The van der Waals surface area contributed by atoms with Gasteiger partial charge >= 0.3 is 0 Å². The molecule has 0 aliphatic rings. The lowest BCUT2D eigenvalue weighted by Crippen LogP contribution is -2.54. The maximum absolute atomic E-state index is 14.6. The first kappa shape index (κ1) is 36.0. The molecule has 4 aromatic rings. The van der Waals surface area contributed by atoms with E-state index in [1.54, 1.807) is 60.7 Å². The molecular weight excluding hydrogens is 702 g/mol. The Morgan fingerprint density at radius 3 is 2.15 bits per heavy atom. The van der Waals surface area contributed by atoms with Gasteiger partial charge in [0.05, 0.1) is 17.2 Å². The normalized spacial score (nSPS) is 12.5. The number of nitrogens with one attached hydrogen (secondary N) is 1. The van der Waals surface area contributed by atoms with Crippen molar-refractivity contribution in [3.8, 4) is 5.75 Å². The number of hydrogen-bond donors (Lipinski definition) is 1. The van der Waals surface area contributed by atoms with Crippen LogP contribution in [0.15, 0.2) is 112 Å². The first-order chi connectivity index (χ1) is 22.5. The average Bonchev–Trinajstić information content (AvgIpc) is 3.07. The maximum Gasteiger partial charge on any atom is 0.264 e. The topological polar surface area (TPSA) is 96.0 Å². The third kappa shape index (κ3) is 9.59. The molecule has 0 saturated carbocycles. The highest BCUT2D eigenvalue weighted by atomic mass is 79.9. The number of halogens is 2. The molecular formula is C36H39BrClN3O5S. The van der Waals surface area contributed by atoms with Crippen LogP contribution in [0.1, 0.15) is 38.3 Å². The van der Waals surface area contributed by atoms with Crippen LogP contribution in [0.5, 0.6) is 5.75 Å². The summed E-state index contributed by atoms with van der Waals surface area (Å²) >= 11 is 9.93. The van der Waals surface area contributed by atoms with E-state index < -0.39 is 28.5 Å². The molecule has 4 aromatic carbocycles. The molecule has 0 aromatic heterocycles. The third-order valence-electron chi connectivity index (χ3n) is 7.69. The summed E-state index contributed by atoms with van der Waals surface area (Å²) in [6.45, 7) is 5.57. The van der Waals surface area contributed by atoms with Crippen LogP contribution in [0.3, 0.4) is 0 Å². The second kappa shape index (κ2) is 16.8. The van der Waals surface area contributed by atoms with Crippen molar-refractivity contribution in [1.82, 2.24) is 10.2 Å². The fourth-order valence-corrected chi connectivity index (χ4v) is 6.82. The summed E-state index contributed by atoms with van der Waals surface area (Å²) < 4.78 is 35.8. The number of anilines is 1. The number of benzene rings is 4. The summed E-state index contributed by atoms with van der Waals surface area (Å²) in [6.07, 6.45) is 0.904. The fraction of sp³-hybridized carbons (Fsp3) is 0.278. The van der Waals surface area contributed by atoms with Gasteiger partial charge in [0.25, 0.3) is 10.0 Å². The van der Waals surface area contributed by atoms with Gasteiger partial charge in [0.1, 0.15) is 18.3 Å². The summed E-state index contributed by atoms with van der Waals surface area (Å²) in [5.74, 6) is -0.347. The number of ether oxygens (including phenoxy) is 1. The van der Waals surface area contributed by atoms with Crippen LogP contribution < -0.4 is 14.4 Å². The first-order valence-electron chi connectivity index (χ1n) is 15.4. The Labute approximate surface area is 290 Å². The van der Waals surface area contributed by atoms with Crippen molar-refractivity contribution in [1.29, 1.82) is 0 Å². The predicted molar refractivity (Wildman–Crippen MR) is 190 cm³/mol. The van der Waals surface area contributed by atoms with E-state index in [9.17, 15) is 18.0 Å². The molecule has 8 nitrogen and oxygen atoms in total. The fourth-order valence-electron chi connectivity index (χ4n) is 4.94. The van der Waals surface area contributed by atoms with Crippen LogP contribution in [-0.4, -0.2) is 50.4 Å². The molecule has 1 N–H and O–H groups in total. The van der Waals surface area contributed by atoms with E-state index in [-0.39, 0.29) is 35.5 Å². The highest BCUT2D eigenvalue weighted by Crippen LogP contribution is 2.28. The lowest BCUT2D eigenvalue weighted by Gasteiger charge is -2.34. The minimum absolute atomic E-state index is 0.00962. The zero-order valence-corrected chi connectivity index (χ0v) is 29.8. The van der Waals surface area contributed by atoms with Crippen LogP contribution in [0.4, 0.5) is 5.69 Å². The molecule has 0 heterocycles. The number of sulfonamides is 1. The van der Waals surface area contributed by atoms with Crippen LogP contribution in [0, 0.1) is 0 Å². The molecule has 0 aliphatic carbocycles. The smallest absolute Gasteiger partial charge is 0.264 e. The Hall–Kier alpha value is -3.86. The number of rotatable bonds is 15. The molecule has 2 atom stereocenters. The molecule has 47 heavy (non-hydrogen) atoms. The predicted octanol–water partition coefficient (Wildman–Crippen LogP) is 7.25. The van der Waals surface area contributed by atoms with Crippen molar-refractivity contribution in [2.24, 2.45) is 0 Å². The second-order valence-electron chi connectivity index (χ2n) is 11.0. The summed E-state index contributed by atoms with van der Waals surface area (Å²) in [6, 6.07) is 28.1. The molecule has 0 fully saturated rings. The molecule has 11 heteroatoms. The molecule has 248 valence electrons. The van der Waals surface area contributed by atoms with Crippen molar-refractivity contribution in [3.05, 3.63) is 124 Å². The average molecular weight is 741 g/mol. The molecule has 4 rings (SSSR count). The number of hydrogen-bond acceptors (Lipinski definition) is 5.